The Hall–Kier alpha value is -2.35. The minimum atomic E-state index is -0.151. The molecule has 0 spiro atoms. The highest BCUT2D eigenvalue weighted by Crippen LogP contribution is 2.16. The Morgan fingerprint density at radius 1 is 1.35 bits per heavy atom. The fourth-order valence-corrected chi connectivity index (χ4v) is 2.22. The number of carbonyl (C=O) groups excluding carboxylic acids is 2. The number of anilines is 1. The van der Waals surface area contributed by atoms with Gasteiger partial charge in [0.1, 0.15) is 6.33 Å². The normalized spacial score (nSPS) is 10.2. The predicted octanol–water partition coefficient (Wildman–Crippen LogP) is 0.925. The van der Waals surface area contributed by atoms with Gasteiger partial charge in [0.15, 0.2) is 5.78 Å². The Kier molecular flexibility index (Phi) is 4.36. The summed E-state index contributed by atoms with van der Waals surface area (Å²) in [6.07, 6.45) is 1.37. The van der Waals surface area contributed by atoms with E-state index in [1.54, 1.807) is 24.3 Å². The lowest BCUT2D eigenvalue weighted by atomic mass is 10.1. The minimum absolute atomic E-state index is 0.0487. The second kappa shape index (κ2) is 6.20. The van der Waals surface area contributed by atoms with Crippen LogP contribution in [0.5, 0.6) is 0 Å². The lowest BCUT2D eigenvalue weighted by Gasteiger charge is -2.04. The molecule has 0 aliphatic rings. The van der Waals surface area contributed by atoms with Gasteiger partial charge in [-0.25, -0.2) is 4.68 Å². The Morgan fingerprint density at radius 3 is 2.60 bits per heavy atom. The number of nitrogens with one attached hydrogen (secondary N) is 1. The lowest BCUT2D eigenvalue weighted by Crippen LogP contribution is -2.10. The number of nitrogens with two attached hydrogens (primary N) is 1. The molecule has 0 aliphatic carbocycles. The third kappa shape index (κ3) is 3.58. The van der Waals surface area contributed by atoms with Gasteiger partial charge in [0, 0.05) is 18.2 Å². The van der Waals surface area contributed by atoms with Gasteiger partial charge in [-0.2, -0.15) is 0 Å². The number of ketones is 1. The first-order valence-electron chi connectivity index (χ1n) is 5.75. The zero-order valence-electron chi connectivity index (χ0n) is 10.7. The molecular formula is C12H13N5O2S. The molecule has 0 atom stereocenters. The summed E-state index contributed by atoms with van der Waals surface area (Å²) in [5.41, 5.74) is 1.22. The van der Waals surface area contributed by atoms with Crippen molar-refractivity contribution in [2.75, 3.05) is 16.9 Å². The largest absolute Gasteiger partial charge is 0.336 e. The number of Topliss-reactive ketones (excluding diaryl/α,β-unsaturated/α-hetero) is 1. The number of nitrogen functional groups attached to an aromatic ring is 1. The van der Waals surface area contributed by atoms with E-state index in [9.17, 15) is 9.59 Å². The minimum Gasteiger partial charge on any atom is -0.336 e. The monoisotopic (exact) mass is 291 g/mol. The van der Waals surface area contributed by atoms with Gasteiger partial charge in [-0.05, 0) is 24.3 Å². The second-order valence-corrected chi connectivity index (χ2v) is 4.93. The van der Waals surface area contributed by atoms with Crippen molar-refractivity contribution in [3.8, 4) is 0 Å². The molecule has 3 N–H and O–H groups in total. The van der Waals surface area contributed by atoms with Gasteiger partial charge in [0.05, 0.1) is 5.75 Å². The number of carbonyl (C=O) groups is 2. The Balaban J connectivity index is 1.95. The highest BCUT2D eigenvalue weighted by atomic mass is 32.2. The number of amides is 1. The molecule has 104 valence electrons. The number of nitrogens with zero attached hydrogens (tertiary/aromatic N) is 3. The maximum atomic E-state index is 12.0. The lowest BCUT2D eigenvalue weighted by molar-refractivity contribution is -0.114. The van der Waals surface area contributed by atoms with Crippen LogP contribution in [0, 0.1) is 0 Å². The molecule has 0 saturated carbocycles. The molecule has 0 bridgehead atoms. The number of hydrogen-bond acceptors (Lipinski definition) is 6. The average Bonchev–Trinajstić information content (AvgIpc) is 2.82. The van der Waals surface area contributed by atoms with E-state index < -0.39 is 0 Å². The Bertz CT molecular complexity index is 623. The van der Waals surface area contributed by atoms with E-state index in [1.165, 1.54) is 29.7 Å². The molecule has 0 unspecified atom stereocenters. The summed E-state index contributed by atoms with van der Waals surface area (Å²) in [7, 11) is 0. The Labute approximate surface area is 119 Å². The van der Waals surface area contributed by atoms with Gasteiger partial charge in [-0.1, -0.05) is 11.8 Å². The molecule has 7 nitrogen and oxygen atoms in total. The van der Waals surface area contributed by atoms with Crippen molar-refractivity contribution < 1.29 is 9.59 Å². The van der Waals surface area contributed by atoms with Crippen LogP contribution in [-0.4, -0.2) is 32.3 Å². The first-order valence-corrected chi connectivity index (χ1v) is 6.73. The van der Waals surface area contributed by atoms with Crippen molar-refractivity contribution in [1.29, 1.82) is 0 Å². The van der Waals surface area contributed by atoms with Crippen molar-refractivity contribution in [2.45, 2.75) is 12.1 Å². The van der Waals surface area contributed by atoms with Crippen molar-refractivity contribution in [2.24, 2.45) is 0 Å². The number of hydrogen-bond donors (Lipinski definition) is 2. The zero-order chi connectivity index (χ0) is 14.5. The highest BCUT2D eigenvalue weighted by Gasteiger charge is 2.09. The summed E-state index contributed by atoms with van der Waals surface area (Å²) < 4.78 is 1.26. The summed E-state index contributed by atoms with van der Waals surface area (Å²) in [5, 5.41) is 10.5. The van der Waals surface area contributed by atoms with Crippen LogP contribution in [0.25, 0.3) is 0 Å². The van der Waals surface area contributed by atoms with E-state index in [2.05, 4.69) is 15.5 Å². The molecule has 1 aromatic heterocycles. The predicted molar refractivity (Wildman–Crippen MR) is 76.0 cm³/mol. The summed E-state index contributed by atoms with van der Waals surface area (Å²) in [6.45, 7) is 1.43. The van der Waals surface area contributed by atoms with Gasteiger partial charge in [0.2, 0.25) is 11.1 Å². The van der Waals surface area contributed by atoms with Crippen molar-refractivity contribution in [3.05, 3.63) is 36.2 Å². The van der Waals surface area contributed by atoms with Gasteiger partial charge in [-0.15, -0.1) is 10.2 Å². The fraction of sp³-hybridized carbons (Fsp3) is 0.167. The molecular weight excluding hydrogens is 278 g/mol. The molecule has 1 heterocycles. The van der Waals surface area contributed by atoms with Crippen LogP contribution >= 0.6 is 11.8 Å². The van der Waals surface area contributed by atoms with Gasteiger partial charge in [-0.3, -0.25) is 9.59 Å². The average molecular weight is 291 g/mol. The van der Waals surface area contributed by atoms with Crippen LogP contribution in [0.3, 0.4) is 0 Å². The highest BCUT2D eigenvalue weighted by molar-refractivity contribution is 7.99. The molecule has 1 aromatic carbocycles. The third-order valence-electron chi connectivity index (χ3n) is 2.40. The van der Waals surface area contributed by atoms with Crippen molar-refractivity contribution in [3.63, 3.8) is 0 Å². The third-order valence-corrected chi connectivity index (χ3v) is 3.36. The number of thioether (sulfide) groups is 1. The SMILES string of the molecule is CC(=O)Nc1ccc(C(=O)CSc2nncn2N)cc1. The van der Waals surface area contributed by atoms with E-state index >= 15 is 0 Å². The molecule has 0 fully saturated rings. The summed E-state index contributed by atoms with van der Waals surface area (Å²) in [6, 6.07) is 6.71. The molecule has 0 aliphatic heterocycles. The smallest absolute Gasteiger partial charge is 0.221 e. The van der Waals surface area contributed by atoms with Crippen LogP contribution in [0.1, 0.15) is 17.3 Å². The van der Waals surface area contributed by atoms with Crippen LogP contribution < -0.4 is 11.2 Å². The zero-order valence-corrected chi connectivity index (χ0v) is 11.6. The maximum absolute atomic E-state index is 12.0. The van der Waals surface area contributed by atoms with Gasteiger partial charge >= 0.3 is 0 Å². The molecule has 20 heavy (non-hydrogen) atoms. The molecule has 8 heteroatoms. The molecule has 0 saturated heterocycles. The van der Waals surface area contributed by atoms with E-state index in [-0.39, 0.29) is 17.4 Å². The van der Waals surface area contributed by atoms with Crippen LogP contribution in [0.2, 0.25) is 0 Å². The first-order chi connectivity index (χ1) is 9.56. The molecule has 1 amide bonds. The standard InChI is InChI=1S/C12H13N5O2S/c1-8(18)15-10-4-2-9(3-5-10)11(19)6-20-12-16-14-7-17(12)13/h2-5,7H,6,13H2,1H3,(H,15,18). The van der Waals surface area contributed by atoms with E-state index in [4.69, 9.17) is 5.84 Å². The number of rotatable bonds is 5. The molecule has 2 rings (SSSR count). The summed E-state index contributed by atoms with van der Waals surface area (Å²) in [5.74, 6) is 5.57. The number of aromatic nitrogens is 3. The Morgan fingerprint density at radius 2 is 2.05 bits per heavy atom. The molecule has 2 aromatic rings. The first kappa shape index (κ1) is 14.1. The van der Waals surface area contributed by atoms with Crippen LogP contribution in [0.15, 0.2) is 35.7 Å². The van der Waals surface area contributed by atoms with E-state index in [0.717, 1.165) is 0 Å². The topological polar surface area (TPSA) is 103 Å². The van der Waals surface area contributed by atoms with E-state index in [1.807, 2.05) is 0 Å². The quantitative estimate of drug-likeness (QED) is 0.482. The maximum Gasteiger partial charge on any atom is 0.221 e. The van der Waals surface area contributed by atoms with E-state index in [0.29, 0.717) is 16.4 Å². The van der Waals surface area contributed by atoms with Gasteiger partial charge < -0.3 is 11.2 Å². The molecule has 0 radical (unpaired) electrons. The van der Waals surface area contributed by atoms with Crippen LogP contribution in [0.4, 0.5) is 5.69 Å². The van der Waals surface area contributed by atoms with Crippen LogP contribution in [-0.2, 0) is 4.79 Å². The summed E-state index contributed by atoms with van der Waals surface area (Å²) >= 11 is 1.22. The fourth-order valence-electron chi connectivity index (χ4n) is 1.49. The van der Waals surface area contributed by atoms with Gasteiger partial charge in [0.25, 0.3) is 0 Å². The van der Waals surface area contributed by atoms with Crippen molar-refractivity contribution in [1.82, 2.24) is 14.9 Å². The summed E-state index contributed by atoms with van der Waals surface area (Å²) in [4.78, 5) is 22.9. The number of benzene rings is 1. The second-order valence-electron chi connectivity index (χ2n) is 3.99. The van der Waals surface area contributed by atoms with Crippen molar-refractivity contribution >= 4 is 29.1 Å².